The minimum Gasteiger partial charge on any atom is -0.398 e. The number of halogens is 1. The fraction of sp³-hybridized carbons (Fsp3) is 0.438. The first kappa shape index (κ1) is 15.3. The maximum atomic E-state index is 6.15. The molecule has 108 valence electrons. The molecule has 2 N–H and O–H groups in total. The second-order valence-electron chi connectivity index (χ2n) is 5.09. The van der Waals surface area contributed by atoms with Crippen LogP contribution in [0.3, 0.4) is 0 Å². The third-order valence-electron chi connectivity index (χ3n) is 3.45. The number of aliphatic imine (C=N–C) groups is 1. The van der Waals surface area contributed by atoms with Gasteiger partial charge in [-0.25, -0.2) is 0 Å². The van der Waals surface area contributed by atoms with Crippen LogP contribution < -0.4 is 5.73 Å². The van der Waals surface area contributed by atoms with E-state index in [9.17, 15) is 0 Å². The van der Waals surface area contributed by atoms with Gasteiger partial charge in [-0.3, -0.25) is 4.99 Å². The van der Waals surface area contributed by atoms with Crippen molar-refractivity contribution < 1.29 is 4.74 Å². The van der Waals surface area contributed by atoms with Gasteiger partial charge in [0.2, 0.25) is 0 Å². The fourth-order valence-electron chi connectivity index (χ4n) is 2.19. The van der Waals surface area contributed by atoms with Gasteiger partial charge < -0.3 is 10.5 Å². The van der Waals surface area contributed by atoms with Gasteiger partial charge in [0.25, 0.3) is 0 Å². The Balaban J connectivity index is 1.96. The van der Waals surface area contributed by atoms with Crippen LogP contribution in [0.2, 0.25) is 0 Å². The lowest BCUT2D eigenvalue weighted by atomic mass is 10.1. The van der Waals surface area contributed by atoms with Crippen molar-refractivity contribution in [2.24, 2.45) is 10.7 Å². The van der Waals surface area contributed by atoms with E-state index in [2.05, 4.69) is 20.9 Å². The van der Waals surface area contributed by atoms with Crippen molar-refractivity contribution in [3.63, 3.8) is 0 Å². The highest BCUT2D eigenvalue weighted by molar-refractivity contribution is 9.10. The van der Waals surface area contributed by atoms with E-state index in [0.717, 1.165) is 40.9 Å². The molecular formula is C16H21BrN2O. The molecule has 4 heteroatoms. The van der Waals surface area contributed by atoms with E-state index in [1.54, 1.807) is 0 Å². The number of nitrogens with two attached hydrogens (primary N) is 1. The van der Waals surface area contributed by atoms with Crippen LogP contribution in [0.1, 0.15) is 31.7 Å². The predicted octanol–water partition coefficient (Wildman–Crippen LogP) is 3.78. The number of benzene rings is 1. The highest BCUT2D eigenvalue weighted by atomic mass is 79.9. The number of ether oxygens (including phenoxy) is 1. The van der Waals surface area contributed by atoms with Crippen LogP contribution in [0.15, 0.2) is 39.3 Å². The quantitative estimate of drug-likeness (QED) is 0.850. The van der Waals surface area contributed by atoms with Gasteiger partial charge in [0.1, 0.15) is 0 Å². The summed E-state index contributed by atoms with van der Waals surface area (Å²) in [6.07, 6.45) is 5.67. The van der Waals surface area contributed by atoms with E-state index < -0.39 is 0 Å². The molecule has 1 atom stereocenters. The Morgan fingerprint density at radius 1 is 1.40 bits per heavy atom. The zero-order valence-corrected chi connectivity index (χ0v) is 13.4. The first-order valence-electron chi connectivity index (χ1n) is 7.00. The van der Waals surface area contributed by atoms with E-state index in [-0.39, 0.29) is 6.10 Å². The monoisotopic (exact) mass is 336 g/mol. The van der Waals surface area contributed by atoms with E-state index in [1.165, 1.54) is 12.8 Å². The van der Waals surface area contributed by atoms with Gasteiger partial charge in [-0.05, 0) is 49.5 Å². The first-order chi connectivity index (χ1) is 9.66. The van der Waals surface area contributed by atoms with Gasteiger partial charge >= 0.3 is 0 Å². The fourth-order valence-corrected chi connectivity index (χ4v) is 2.45. The lowest BCUT2D eigenvalue weighted by Crippen LogP contribution is -2.21. The summed E-state index contributed by atoms with van der Waals surface area (Å²) >= 11 is 3.42. The van der Waals surface area contributed by atoms with Crippen molar-refractivity contribution in [3.05, 3.63) is 39.9 Å². The average molecular weight is 337 g/mol. The van der Waals surface area contributed by atoms with Crippen molar-refractivity contribution >= 4 is 27.8 Å². The summed E-state index contributed by atoms with van der Waals surface area (Å²) in [4.78, 5) is 4.46. The molecule has 0 bridgehead atoms. The third kappa shape index (κ3) is 4.46. The standard InChI is InChI=1S/C16H21BrN2O/c1-12(10-19-11-15-4-2-3-9-20-15)16(18)13-5-7-14(17)8-6-13/h5-8,10,15H,2-4,9,11,18H2,1H3/b16-12-,19-10?. The summed E-state index contributed by atoms with van der Waals surface area (Å²) in [6.45, 7) is 3.59. The van der Waals surface area contributed by atoms with Gasteiger partial charge in [-0.15, -0.1) is 0 Å². The van der Waals surface area contributed by atoms with Crippen molar-refractivity contribution in [2.75, 3.05) is 13.2 Å². The molecule has 1 saturated heterocycles. The highest BCUT2D eigenvalue weighted by Crippen LogP contribution is 2.17. The summed E-state index contributed by atoms with van der Waals surface area (Å²) in [5.41, 5.74) is 8.93. The summed E-state index contributed by atoms with van der Waals surface area (Å²) in [7, 11) is 0. The molecule has 3 nitrogen and oxygen atoms in total. The Morgan fingerprint density at radius 3 is 2.80 bits per heavy atom. The Bertz CT molecular complexity index is 488. The maximum absolute atomic E-state index is 6.15. The summed E-state index contributed by atoms with van der Waals surface area (Å²) < 4.78 is 6.70. The zero-order chi connectivity index (χ0) is 14.4. The Hall–Kier alpha value is -1.13. The normalized spacial score (nSPS) is 21.0. The van der Waals surface area contributed by atoms with Crippen LogP contribution in [-0.4, -0.2) is 25.5 Å². The molecule has 1 unspecified atom stereocenters. The molecule has 20 heavy (non-hydrogen) atoms. The van der Waals surface area contributed by atoms with Crippen LogP contribution in [-0.2, 0) is 4.74 Å². The van der Waals surface area contributed by atoms with E-state index in [4.69, 9.17) is 10.5 Å². The van der Waals surface area contributed by atoms with Crippen molar-refractivity contribution in [3.8, 4) is 0 Å². The average Bonchev–Trinajstić information content (AvgIpc) is 2.48. The third-order valence-corrected chi connectivity index (χ3v) is 3.98. The summed E-state index contributed by atoms with van der Waals surface area (Å²) in [5.74, 6) is 0. The van der Waals surface area contributed by atoms with Crippen molar-refractivity contribution in [2.45, 2.75) is 32.3 Å². The lowest BCUT2D eigenvalue weighted by molar-refractivity contribution is 0.0226. The molecule has 0 aliphatic carbocycles. The van der Waals surface area contributed by atoms with Crippen LogP contribution in [0.25, 0.3) is 5.70 Å². The van der Waals surface area contributed by atoms with Gasteiger partial charge in [0, 0.05) is 23.0 Å². The van der Waals surface area contributed by atoms with Crippen LogP contribution in [0, 0.1) is 0 Å². The molecule has 1 heterocycles. The topological polar surface area (TPSA) is 47.6 Å². The Labute approximate surface area is 129 Å². The molecule has 0 radical (unpaired) electrons. The number of nitrogens with zero attached hydrogens (tertiary/aromatic N) is 1. The van der Waals surface area contributed by atoms with Crippen LogP contribution >= 0.6 is 15.9 Å². The molecule has 1 aromatic rings. The molecule has 0 amide bonds. The van der Waals surface area contributed by atoms with Gasteiger partial charge in [0.15, 0.2) is 0 Å². The minimum absolute atomic E-state index is 0.279. The first-order valence-corrected chi connectivity index (χ1v) is 7.80. The smallest absolute Gasteiger partial charge is 0.0770 e. The summed E-state index contributed by atoms with van der Waals surface area (Å²) in [5, 5.41) is 0. The lowest BCUT2D eigenvalue weighted by Gasteiger charge is -2.20. The molecular weight excluding hydrogens is 316 g/mol. The predicted molar refractivity (Wildman–Crippen MR) is 87.9 cm³/mol. The second-order valence-corrected chi connectivity index (χ2v) is 6.00. The number of rotatable bonds is 4. The molecule has 1 aliphatic rings. The van der Waals surface area contributed by atoms with Crippen molar-refractivity contribution in [1.29, 1.82) is 0 Å². The highest BCUT2D eigenvalue weighted by Gasteiger charge is 2.12. The molecule has 0 aromatic heterocycles. The minimum atomic E-state index is 0.279. The van der Waals surface area contributed by atoms with E-state index >= 15 is 0 Å². The molecule has 1 aliphatic heterocycles. The van der Waals surface area contributed by atoms with E-state index in [0.29, 0.717) is 0 Å². The molecule has 1 fully saturated rings. The summed E-state index contributed by atoms with van der Waals surface area (Å²) in [6, 6.07) is 7.98. The van der Waals surface area contributed by atoms with Crippen LogP contribution in [0.4, 0.5) is 0 Å². The molecule has 1 aromatic carbocycles. The van der Waals surface area contributed by atoms with Gasteiger partial charge in [0.05, 0.1) is 12.6 Å². The van der Waals surface area contributed by atoms with Crippen LogP contribution in [0.5, 0.6) is 0 Å². The molecule has 0 spiro atoms. The Kier molecular flexibility index (Phi) is 5.80. The van der Waals surface area contributed by atoms with Gasteiger partial charge in [-0.1, -0.05) is 28.1 Å². The number of allylic oxidation sites excluding steroid dienone is 1. The largest absolute Gasteiger partial charge is 0.398 e. The molecule has 0 saturated carbocycles. The Morgan fingerprint density at radius 2 is 2.15 bits per heavy atom. The number of hydrogen-bond donors (Lipinski definition) is 1. The van der Waals surface area contributed by atoms with Gasteiger partial charge in [-0.2, -0.15) is 0 Å². The second kappa shape index (κ2) is 7.60. The maximum Gasteiger partial charge on any atom is 0.0770 e. The van der Waals surface area contributed by atoms with E-state index in [1.807, 2.05) is 37.4 Å². The van der Waals surface area contributed by atoms with Crippen molar-refractivity contribution in [1.82, 2.24) is 0 Å². The zero-order valence-electron chi connectivity index (χ0n) is 11.8. The molecule has 2 rings (SSSR count). The SMILES string of the molecule is C/C(C=NCC1CCCCO1)=C(/N)c1ccc(Br)cc1. The number of hydrogen-bond acceptors (Lipinski definition) is 3.